The zero-order valence-corrected chi connectivity index (χ0v) is 15.7. The van der Waals surface area contributed by atoms with Gasteiger partial charge in [-0.3, -0.25) is 4.79 Å². The van der Waals surface area contributed by atoms with E-state index in [2.05, 4.69) is 30.1 Å². The van der Waals surface area contributed by atoms with E-state index in [1.54, 1.807) is 19.2 Å². The van der Waals surface area contributed by atoms with Crippen molar-refractivity contribution in [3.05, 3.63) is 63.4 Å². The Bertz CT molecular complexity index is 958. The molecule has 1 heterocycles. The molecule has 0 fully saturated rings. The molecular weight excluding hydrogens is 356 g/mol. The number of rotatable bonds is 5. The molecule has 2 aromatic carbocycles. The van der Waals surface area contributed by atoms with E-state index in [0.29, 0.717) is 23.0 Å². The highest BCUT2D eigenvalue weighted by Crippen LogP contribution is 2.19. The lowest BCUT2D eigenvalue weighted by Crippen LogP contribution is -2.19. The van der Waals surface area contributed by atoms with Crippen molar-refractivity contribution >= 4 is 39.1 Å². The Kier molecular flexibility index (Phi) is 5.68. The van der Waals surface area contributed by atoms with E-state index in [1.165, 1.54) is 16.9 Å². The Labute approximate surface area is 155 Å². The summed E-state index contributed by atoms with van der Waals surface area (Å²) in [6, 6.07) is 13.5. The first-order valence-electron chi connectivity index (χ1n) is 7.98. The van der Waals surface area contributed by atoms with Gasteiger partial charge in [-0.25, -0.2) is 0 Å². The van der Waals surface area contributed by atoms with Gasteiger partial charge in [0.15, 0.2) is 4.80 Å². The molecule has 0 unspecified atom stereocenters. The number of aromatic nitrogens is 1. The van der Waals surface area contributed by atoms with Crippen LogP contribution in [0.1, 0.15) is 11.1 Å². The van der Waals surface area contributed by atoms with Gasteiger partial charge in [-0.2, -0.15) is 4.99 Å². The lowest BCUT2D eigenvalue weighted by molar-refractivity contribution is -0.117. The standard InChI is InChI=1S/C19H19ClN2O2S/c1-13-3-8-16-17(11-13)25-19(22(16)9-10-24-2)21-18(23)12-14-4-6-15(20)7-5-14/h3-8,11H,9-10,12H2,1-2H3. The molecule has 1 aromatic heterocycles. The Hall–Kier alpha value is -1.95. The van der Waals surface area contributed by atoms with Crippen LogP contribution < -0.4 is 4.80 Å². The van der Waals surface area contributed by atoms with Gasteiger partial charge in [-0.1, -0.05) is 41.1 Å². The monoisotopic (exact) mass is 374 g/mol. The first-order valence-corrected chi connectivity index (χ1v) is 9.17. The maximum atomic E-state index is 12.4. The maximum absolute atomic E-state index is 12.4. The van der Waals surface area contributed by atoms with Gasteiger partial charge in [0.25, 0.3) is 5.91 Å². The van der Waals surface area contributed by atoms with E-state index < -0.39 is 0 Å². The minimum Gasteiger partial charge on any atom is -0.383 e. The number of fused-ring (bicyclic) bond motifs is 1. The average molecular weight is 375 g/mol. The highest BCUT2D eigenvalue weighted by atomic mass is 35.5. The topological polar surface area (TPSA) is 43.6 Å². The van der Waals surface area contributed by atoms with Crippen LogP contribution >= 0.6 is 22.9 Å². The number of aryl methyl sites for hydroxylation is 1. The van der Waals surface area contributed by atoms with Gasteiger partial charge in [-0.15, -0.1) is 0 Å². The number of carbonyl (C=O) groups is 1. The van der Waals surface area contributed by atoms with E-state index in [-0.39, 0.29) is 12.3 Å². The molecule has 0 aliphatic heterocycles. The number of ether oxygens (including phenoxy) is 1. The number of methoxy groups -OCH3 is 1. The van der Waals surface area contributed by atoms with Crippen molar-refractivity contribution in [3.63, 3.8) is 0 Å². The minimum absolute atomic E-state index is 0.170. The molecule has 25 heavy (non-hydrogen) atoms. The molecule has 0 N–H and O–H groups in total. The molecule has 130 valence electrons. The zero-order valence-electron chi connectivity index (χ0n) is 14.2. The van der Waals surface area contributed by atoms with E-state index in [4.69, 9.17) is 16.3 Å². The quantitative estimate of drug-likeness (QED) is 0.678. The molecule has 0 saturated heterocycles. The van der Waals surface area contributed by atoms with Gasteiger partial charge in [0.2, 0.25) is 0 Å². The molecule has 3 rings (SSSR count). The summed E-state index contributed by atoms with van der Waals surface area (Å²) in [6.45, 7) is 3.28. The Morgan fingerprint density at radius 1 is 1.24 bits per heavy atom. The van der Waals surface area contributed by atoms with Crippen molar-refractivity contribution in [3.8, 4) is 0 Å². The van der Waals surface area contributed by atoms with Crippen molar-refractivity contribution in [2.24, 2.45) is 4.99 Å². The lowest BCUT2D eigenvalue weighted by atomic mass is 10.1. The zero-order chi connectivity index (χ0) is 17.8. The first-order chi connectivity index (χ1) is 12.1. The molecule has 0 aliphatic carbocycles. The summed E-state index contributed by atoms with van der Waals surface area (Å²) >= 11 is 7.41. The number of benzene rings is 2. The smallest absolute Gasteiger partial charge is 0.252 e. The largest absolute Gasteiger partial charge is 0.383 e. The fourth-order valence-electron chi connectivity index (χ4n) is 2.59. The van der Waals surface area contributed by atoms with Crippen LogP contribution in [-0.2, 0) is 22.5 Å². The number of amides is 1. The SMILES string of the molecule is COCCn1c(=NC(=O)Cc2ccc(Cl)cc2)sc2cc(C)ccc21. The predicted molar refractivity (Wildman–Crippen MR) is 102 cm³/mol. The summed E-state index contributed by atoms with van der Waals surface area (Å²) in [7, 11) is 1.67. The first kappa shape index (κ1) is 17.9. The van der Waals surface area contributed by atoms with Crippen molar-refractivity contribution in [2.45, 2.75) is 19.9 Å². The molecule has 0 aliphatic rings. The molecule has 0 atom stereocenters. The molecule has 0 bridgehead atoms. The Balaban J connectivity index is 1.96. The molecule has 0 saturated carbocycles. The summed E-state index contributed by atoms with van der Waals surface area (Å²) in [6.07, 6.45) is 0.259. The second-order valence-corrected chi connectivity index (χ2v) is 7.25. The molecule has 4 nitrogen and oxygen atoms in total. The summed E-state index contributed by atoms with van der Waals surface area (Å²) in [5.74, 6) is -0.170. The maximum Gasteiger partial charge on any atom is 0.252 e. The Morgan fingerprint density at radius 2 is 2.00 bits per heavy atom. The molecule has 6 heteroatoms. The summed E-state index contributed by atoms with van der Waals surface area (Å²) in [5.41, 5.74) is 3.16. The highest BCUT2D eigenvalue weighted by molar-refractivity contribution is 7.16. The summed E-state index contributed by atoms with van der Waals surface area (Å²) in [5, 5.41) is 0.658. The van der Waals surface area contributed by atoms with Crippen molar-refractivity contribution < 1.29 is 9.53 Å². The van der Waals surface area contributed by atoms with Crippen LogP contribution in [0, 0.1) is 6.92 Å². The van der Waals surface area contributed by atoms with Gasteiger partial charge in [-0.05, 0) is 42.3 Å². The number of hydrogen-bond acceptors (Lipinski definition) is 3. The van der Waals surface area contributed by atoms with Crippen LogP contribution in [0.25, 0.3) is 10.2 Å². The molecule has 0 spiro atoms. The van der Waals surface area contributed by atoms with Gasteiger partial charge in [0.1, 0.15) is 0 Å². The van der Waals surface area contributed by atoms with Crippen LogP contribution in [0.15, 0.2) is 47.5 Å². The molecule has 3 aromatic rings. The highest BCUT2D eigenvalue weighted by Gasteiger charge is 2.09. The van der Waals surface area contributed by atoms with Crippen LogP contribution in [0.3, 0.4) is 0 Å². The minimum atomic E-state index is -0.170. The molecular formula is C19H19ClN2O2S. The molecule has 1 amide bonds. The van der Waals surface area contributed by atoms with Gasteiger partial charge >= 0.3 is 0 Å². The fourth-order valence-corrected chi connectivity index (χ4v) is 3.89. The van der Waals surface area contributed by atoms with E-state index in [1.807, 2.05) is 16.7 Å². The van der Waals surface area contributed by atoms with Gasteiger partial charge < -0.3 is 9.30 Å². The second kappa shape index (κ2) is 7.95. The van der Waals surface area contributed by atoms with Crippen LogP contribution in [0.2, 0.25) is 5.02 Å². The van der Waals surface area contributed by atoms with E-state index in [9.17, 15) is 4.79 Å². The second-order valence-electron chi connectivity index (χ2n) is 5.81. The van der Waals surface area contributed by atoms with Gasteiger partial charge in [0.05, 0.1) is 23.2 Å². The normalized spacial score (nSPS) is 12.0. The number of nitrogens with zero attached hydrogens (tertiary/aromatic N) is 2. The number of halogens is 1. The van der Waals surface area contributed by atoms with Crippen molar-refractivity contribution in [1.82, 2.24) is 4.57 Å². The number of hydrogen-bond donors (Lipinski definition) is 0. The Morgan fingerprint density at radius 3 is 2.72 bits per heavy atom. The number of thiazole rings is 1. The summed E-state index contributed by atoms with van der Waals surface area (Å²) in [4.78, 5) is 17.5. The van der Waals surface area contributed by atoms with Crippen LogP contribution in [0.4, 0.5) is 0 Å². The third-order valence-corrected chi connectivity index (χ3v) is 5.14. The van der Waals surface area contributed by atoms with E-state index >= 15 is 0 Å². The average Bonchev–Trinajstić information content (AvgIpc) is 2.91. The third-order valence-electron chi connectivity index (χ3n) is 3.85. The summed E-state index contributed by atoms with van der Waals surface area (Å²) < 4.78 is 8.36. The predicted octanol–water partition coefficient (Wildman–Crippen LogP) is 3.98. The van der Waals surface area contributed by atoms with E-state index in [0.717, 1.165) is 15.8 Å². The van der Waals surface area contributed by atoms with Crippen molar-refractivity contribution in [1.29, 1.82) is 0 Å². The number of carbonyl (C=O) groups excluding carboxylic acids is 1. The third kappa shape index (κ3) is 4.37. The van der Waals surface area contributed by atoms with Crippen molar-refractivity contribution in [2.75, 3.05) is 13.7 Å². The van der Waals surface area contributed by atoms with Gasteiger partial charge in [0, 0.05) is 18.7 Å². The van der Waals surface area contributed by atoms with Crippen LogP contribution in [0.5, 0.6) is 0 Å². The fraction of sp³-hybridized carbons (Fsp3) is 0.263. The lowest BCUT2D eigenvalue weighted by Gasteiger charge is -2.04. The molecule has 0 radical (unpaired) electrons. The van der Waals surface area contributed by atoms with Crippen LogP contribution in [-0.4, -0.2) is 24.2 Å².